The Kier molecular flexibility index (Phi) is 4.96. The lowest BCUT2D eigenvalue weighted by atomic mass is 10.00. The van der Waals surface area contributed by atoms with E-state index >= 15 is 0 Å². The number of rotatable bonds is 4. The molecule has 144 valence electrons. The molecule has 1 aliphatic rings. The molecule has 1 aromatic heterocycles. The van der Waals surface area contributed by atoms with E-state index < -0.39 is 6.10 Å². The number of nitrogens with zero attached hydrogens (tertiary/aromatic N) is 2. The number of nitrogens with one attached hydrogen (secondary N) is 1. The number of carbonyl (C=O) groups is 1. The van der Waals surface area contributed by atoms with Crippen LogP contribution < -0.4 is 0 Å². The highest BCUT2D eigenvalue weighted by molar-refractivity contribution is 5.95. The number of aliphatic hydroxyl groups excluding tert-OH is 1. The largest absolute Gasteiger partial charge is 0.391 e. The van der Waals surface area contributed by atoms with Crippen LogP contribution in [-0.2, 0) is 6.42 Å². The van der Waals surface area contributed by atoms with Gasteiger partial charge in [-0.15, -0.1) is 0 Å². The number of aromatic nitrogens is 2. The molecule has 2 atom stereocenters. The Balaban J connectivity index is 1.50. The fraction of sp³-hybridized carbons (Fsp3) is 0.273. The Morgan fingerprint density at radius 2 is 2.04 bits per heavy atom. The first-order chi connectivity index (χ1) is 13.5. The van der Waals surface area contributed by atoms with Crippen LogP contribution in [0.3, 0.4) is 0 Å². The SMILES string of the molecule is Cc1cc(C[C@@H]2CN(C(=O)c3cccc(-c4ccccc4F)c3)C[C@H]2O)n[nH]1. The van der Waals surface area contributed by atoms with Crippen molar-refractivity contribution in [1.29, 1.82) is 0 Å². The zero-order valence-electron chi connectivity index (χ0n) is 15.6. The normalized spacial score (nSPS) is 19.2. The number of likely N-dealkylation sites (tertiary alicyclic amines) is 1. The molecule has 0 radical (unpaired) electrons. The number of H-pyrrole nitrogens is 1. The van der Waals surface area contributed by atoms with Gasteiger partial charge in [-0.2, -0.15) is 5.10 Å². The van der Waals surface area contributed by atoms with Gasteiger partial charge in [0, 0.05) is 35.8 Å². The summed E-state index contributed by atoms with van der Waals surface area (Å²) in [7, 11) is 0. The van der Waals surface area contributed by atoms with Crippen molar-refractivity contribution >= 4 is 5.91 Å². The molecule has 2 N–H and O–H groups in total. The van der Waals surface area contributed by atoms with Gasteiger partial charge in [0.2, 0.25) is 0 Å². The highest BCUT2D eigenvalue weighted by Gasteiger charge is 2.34. The highest BCUT2D eigenvalue weighted by Crippen LogP contribution is 2.26. The number of halogens is 1. The number of aromatic amines is 1. The van der Waals surface area contributed by atoms with E-state index in [0.717, 1.165) is 11.4 Å². The molecular weight excluding hydrogens is 357 g/mol. The van der Waals surface area contributed by atoms with Crippen LogP contribution in [0, 0.1) is 18.7 Å². The summed E-state index contributed by atoms with van der Waals surface area (Å²) < 4.78 is 14.1. The predicted octanol–water partition coefficient (Wildman–Crippen LogP) is 3.20. The highest BCUT2D eigenvalue weighted by atomic mass is 19.1. The summed E-state index contributed by atoms with van der Waals surface area (Å²) >= 11 is 0. The average molecular weight is 379 g/mol. The molecule has 4 rings (SSSR count). The van der Waals surface area contributed by atoms with E-state index in [1.54, 1.807) is 47.4 Å². The van der Waals surface area contributed by atoms with E-state index in [9.17, 15) is 14.3 Å². The van der Waals surface area contributed by atoms with Gasteiger partial charge in [-0.1, -0.05) is 30.3 Å². The molecule has 28 heavy (non-hydrogen) atoms. The molecule has 1 fully saturated rings. The maximum absolute atomic E-state index is 14.1. The Bertz CT molecular complexity index is 1000. The molecule has 0 aliphatic carbocycles. The van der Waals surface area contributed by atoms with Crippen molar-refractivity contribution < 1.29 is 14.3 Å². The molecule has 2 aromatic carbocycles. The number of carbonyl (C=O) groups excluding carboxylic acids is 1. The Hall–Kier alpha value is -2.99. The van der Waals surface area contributed by atoms with Crippen LogP contribution >= 0.6 is 0 Å². The number of hydrogen-bond acceptors (Lipinski definition) is 3. The number of aryl methyl sites for hydroxylation is 1. The summed E-state index contributed by atoms with van der Waals surface area (Å²) in [5, 5.41) is 17.5. The number of amides is 1. The minimum Gasteiger partial charge on any atom is -0.391 e. The van der Waals surface area contributed by atoms with Crippen LogP contribution in [0.1, 0.15) is 21.7 Å². The van der Waals surface area contributed by atoms with E-state index in [2.05, 4.69) is 10.2 Å². The fourth-order valence-corrected chi connectivity index (χ4v) is 3.77. The van der Waals surface area contributed by atoms with E-state index in [-0.39, 0.29) is 24.2 Å². The van der Waals surface area contributed by atoms with Crippen LogP contribution in [0.2, 0.25) is 0 Å². The maximum atomic E-state index is 14.1. The number of aliphatic hydroxyl groups is 1. The molecule has 6 heteroatoms. The molecular formula is C22H22FN3O2. The van der Waals surface area contributed by atoms with Crippen molar-refractivity contribution in [3.63, 3.8) is 0 Å². The van der Waals surface area contributed by atoms with E-state index in [0.29, 0.717) is 29.7 Å². The third-order valence-electron chi connectivity index (χ3n) is 5.22. The number of hydrogen-bond donors (Lipinski definition) is 2. The minimum absolute atomic E-state index is 0.0543. The second kappa shape index (κ2) is 7.56. The van der Waals surface area contributed by atoms with Crippen molar-refractivity contribution in [1.82, 2.24) is 15.1 Å². The number of β-amino-alcohol motifs (C(OH)–C–C–N with tert-alkyl or cyclic N) is 1. The van der Waals surface area contributed by atoms with Gasteiger partial charge in [-0.05, 0) is 43.2 Å². The monoisotopic (exact) mass is 379 g/mol. The summed E-state index contributed by atoms with van der Waals surface area (Å²) in [6.45, 7) is 2.69. The third kappa shape index (κ3) is 3.68. The van der Waals surface area contributed by atoms with Crippen LogP contribution in [0.5, 0.6) is 0 Å². The van der Waals surface area contributed by atoms with Crippen LogP contribution in [0.25, 0.3) is 11.1 Å². The summed E-state index contributed by atoms with van der Waals surface area (Å²) in [6.07, 6.45) is 0.0283. The van der Waals surface area contributed by atoms with E-state index in [1.807, 2.05) is 13.0 Å². The maximum Gasteiger partial charge on any atom is 0.253 e. The molecule has 0 bridgehead atoms. The van der Waals surface area contributed by atoms with Gasteiger partial charge < -0.3 is 10.0 Å². The minimum atomic E-state index is -0.587. The van der Waals surface area contributed by atoms with Gasteiger partial charge in [0.1, 0.15) is 5.82 Å². The predicted molar refractivity (Wildman–Crippen MR) is 104 cm³/mol. The topological polar surface area (TPSA) is 69.2 Å². The van der Waals surface area contributed by atoms with Crippen molar-refractivity contribution in [2.45, 2.75) is 19.4 Å². The molecule has 0 spiro atoms. The fourth-order valence-electron chi connectivity index (χ4n) is 3.77. The van der Waals surface area contributed by atoms with E-state index in [4.69, 9.17) is 0 Å². The first-order valence-electron chi connectivity index (χ1n) is 9.34. The van der Waals surface area contributed by atoms with Gasteiger partial charge in [0.15, 0.2) is 0 Å². The van der Waals surface area contributed by atoms with Crippen molar-refractivity contribution in [2.24, 2.45) is 5.92 Å². The molecule has 1 amide bonds. The Labute approximate surface area is 162 Å². The molecule has 0 unspecified atom stereocenters. The van der Waals surface area contributed by atoms with Crippen LogP contribution in [-0.4, -0.2) is 45.3 Å². The summed E-state index contributed by atoms with van der Waals surface area (Å²) in [5.74, 6) is -0.530. The summed E-state index contributed by atoms with van der Waals surface area (Å²) in [6, 6.07) is 15.4. The first-order valence-corrected chi connectivity index (χ1v) is 9.34. The molecule has 3 aromatic rings. The second-order valence-electron chi connectivity index (χ2n) is 7.34. The van der Waals surface area contributed by atoms with Gasteiger partial charge >= 0.3 is 0 Å². The van der Waals surface area contributed by atoms with Crippen LogP contribution in [0.15, 0.2) is 54.6 Å². The number of benzene rings is 2. The zero-order chi connectivity index (χ0) is 19.7. The smallest absolute Gasteiger partial charge is 0.253 e. The zero-order valence-corrected chi connectivity index (χ0v) is 15.6. The van der Waals surface area contributed by atoms with E-state index in [1.165, 1.54) is 6.07 Å². The Morgan fingerprint density at radius 3 is 2.79 bits per heavy atom. The van der Waals surface area contributed by atoms with Crippen LogP contribution in [0.4, 0.5) is 4.39 Å². The quantitative estimate of drug-likeness (QED) is 0.731. The summed E-state index contributed by atoms with van der Waals surface area (Å²) in [4.78, 5) is 14.6. The first kappa shape index (κ1) is 18.4. The Morgan fingerprint density at radius 1 is 1.21 bits per heavy atom. The molecule has 2 heterocycles. The van der Waals surface area contributed by atoms with Crippen molar-refractivity contribution in [3.8, 4) is 11.1 Å². The summed E-state index contributed by atoms with van der Waals surface area (Å²) in [5.41, 5.74) is 3.47. The van der Waals surface area contributed by atoms with Crippen molar-refractivity contribution in [3.05, 3.63) is 77.4 Å². The molecule has 1 aliphatic heterocycles. The standard InChI is InChI=1S/C22H22FN3O2/c1-14-9-18(25-24-14)11-17-12-26(13-21(17)27)22(28)16-6-4-5-15(10-16)19-7-2-3-8-20(19)23/h2-10,17,21,27H,11-13H2,1H3,(H,24,25)/t17-,21-/m1/s1. The van der Waals surface area contributed by atoms with Crippen molar-refractivity contribution in [2.75, 3.05) is 13.1 Å². The third-order valence-corrected chi connectivity index (χ3v) is 5.22. The molecule has 5 nitrogen and oxygen atoms in total. The lowest BCUT2D eigenvalue weighted by molar-refractivity contribution is 0.0764. The van der Waals surface area contributed by atoms with Gasteiger partial charge in [-0.25, -0.2) is 4.39 Å². The molecule has 0 saturated carbocycles. The van der Waals surface area contributed by atoms with Gasteiger partial charge in [-0.3, -0.25) is 9.89 Å². The van der Waals surface area contributed by atoms with Gasteiger partial charge in [0.25, 0.3) is 5.91 Å². The molecule has 1 saturated heterocycles. The lowest BCUT2D eigenvalue weighted by Gasteiger charge is -2.16. The van der Waals surface area contributed by atoms with Gasteiger partial charge in [0.05, 0.1) is 11.8 Å². The second-order valence-corrected chi connectivity index (χ2v) is 7.34. The average Bonchev–Trinajstić information content (AvgIpc) is 3.27. The lowest BCUT2D eigenvalue weighted by Crippen LogP contribution is -2.29.